The average molecular weight is 576 g/mol. The fraction of sp³-hybridized carbons (Fsp3) is 0. The van der Waals surface area contributed by atoms with E-state index in [1.54, 1.807) is 0 Å². The summed E-state index contributed by atoms with van der Waals surface area (Å²) in [6.07, 6.45) is 0. The topological polar surface area (TPSA) is 146 Å². The summed E-state index contributed by atoms with van der Waals surface area (Å²) in [7, 11) is 0. The molecule has 0 N–H and O–H groups in total. The Hall–Kier alpha value is -5.81. The number of thiophene rings is 1. The lowest BCUT2D eigenvalue weighted by atomic mass is 10.0. The smallest absolute Gasteiger partial charge is 0.284 e. The van der Waals surface area contributed by atoms with Gasteiger partial charge in [-0.2, -0.15) is 0 Å². The molecular weight excluding hydrogens is 558 g/mol. The lowest BCUT2D eigenvalue weighted by Gasteiger charge is -2.02. The first kappa shape index (κ1) is 26.4. The van der Waals surface area contributed by atoms with Gasteiger partial charge in [0.15, 0.2) is 5.78 Å². The molecule has 0 saturated carbocycles. The lowest BCUT2D eigenvalue weighted by Crippen LogP contribution is -2.00. The third-order valence-electron chi connectivity index (χ3n) is 6.97. The molecule has 1 aliphatic carbocycles. The molecule has 6 aromatic rings. The van der Waals surface area contributed by atoms with E-state index in [0.717, 1.165) is 24.3 Å². The molecule has 0 spiro atoms. The minimum Gasteiger partial charge on any atom is -0.289 e. The lowest BCUT2D eigenvalue weighted by molar-refractivity contribution is -0.393. The molecule has 0 bridgehead atoms. The van der Waals surface area contributed by atoms with E-state index in [-0.39, 0.29) is 27.9 Å². The predicted octanol–water partition coefficient (Wildman–Crippen LogP) is 8.34. The number of benzene rings is 5. The van der Waals surface area contributed by atoms with Gasteiger partial charge in [-0.15, -0.1) is 11.3 Å². The highest BCUT2D eigenvalue weighted by atomic mass is 32.1. The van der Waals surface area contributed by atoms with Crippen molar-refractivity contribution in [3.8, 4) is 22.3 Å². The van der Waals surface area contributed by atoms with Crippen LogP contribution in [0.5, 0.6) is 0 Å². The predicted molar refractivity (Wildman–Crippen MR) is 160 cm³/mol. The van der Waals surface area contributed by atoms with Crippen molar-refractivity contribution in [1.82, 2.24) is 0 Å². The monoisotopic (exact) mass is 575 g/mol. The first-order valence-electron chi connectivity index (χ1n) is 12.5. The second kappa shape index (κ2) is 10.3. The molecule has 0 atom stereocenters. The van der Waals surface area contributed by atoms with Gasteiger partial charge in [0.25, 0.3) is 17.1 Å². The fourth-order valence-electron chi connectivity index (χ4n) is 5.06. The molecule has 0 fully saturated rings. The number of nitro groups is 3. The summed E-state index contributed by atoms with van der Waals surface area (Å²) >= 11 is 1.87. The maximum Gasteiger partial charge on any atom is 0.284 e. The van der Waals surface area contributed by atoms with Crippen LogP contribution in [0.15, 0.2) is 103 Å². The minimum atomic E-state index is -0.841. The van der Waals surface area contributed by atoms with E-state index in [0.29, 0.717) is 0 Å². The zero-order valence-corrected chi connectivity index (χ0v) is 22.2. The van der Waals surface area contributed by atoms with Gasteiger partial charge in [-0.05, 0) is 29.3 Å². The summed E-state index contributed by atoms with van der Waals surface area (Å²) in [5.74, 6) is -0.717. The van der Waals surface area contributed by atoms with Crippen molar-refractivity contribution in [2.75, 3.05) is 0 Å². The fourth-order valence-corrected chi connectivity index (χ4v) is 6.20. The van der Waals surface area contributed by atoms with Gasteiger partial charge >= 0.3 is 0 Å². The number of carbonyl (C=O) groups is 1. The van der Waals surface area contributed by atoms with E-state index in [1.807, 2.05) is 11.3 Å². The molecule has 1 heterocycles. The van der Waals surface area contributed by atoms with Gasteiger partial charge in [0.2, 0.25) is 0 Å². The van der Waals surface area contributed by atoms with Crippen molar-refractivity contribution in [1.29, 1.82) is 0 Å². The molecule has 204 valence electrons. The van der Waals surface area contributed by atoms with Gasteiger partial charge in [0.1, 0.15) is 0 Å². The SMILES string of the molecule is O=C1c2cc([N+](=O)[O-])ccc2-c2c1cc([N+](=O)[O-])cc2[N+](=O)[O-].c1ccc(-c2ccc3c(c2)sc2ccccc23)cc1. The van der Waals surface area contributed by atoms with E-state index >= 15 is 0 Å². The molecule has 11 heteroatoms. The largest absolute Gasteiger partial charge is 0.289 e. The third-order valence-corrected chi connectivity index (χ3v) is 8.10. The molecule has 0 saturated heterocycles. The molecule has 10 nitrogen and oxygen atoms in total. The quantitative estimate of drug-likeness (QED) is 0.151. The van der Waals surface area contributed by atoms with Crippen molar-refractivity contribution in [3.05, 3.63) is 145 Å². The standard InChI is InChI=1S/C18H12S.C13H5N3O7/c1-2-6-13(7-3-1)14-10-11-16-15-8-4-5-9-17(15)19-18(16)12-14;17-13-9-3-6(14(18)19)1-2-8(9)12-10(13)4-7(15(20)21)5-11(12)16(22)23/h1-12H;1-5H. The molecule has 5 aromatic carbocycles. The molecule has 0 amide bonds. The normalized spacial score (nSPS) is 11.5. The van der Waals surface area contributed by atoms with Crippen LogP contribution in [0.3, 0.4) is 0 Å². The highest BCUT2D eigenvalue weighted by Gasteiger charge is 2.36. The second-order valence-electron chi connectivity index (χ2n) is 9.39. The average Bonchev–Trinajstić information content (AvgIpc) is 3.51. The van der Waals surface area contributed by atoms with Crippen LogP contribution >= 0.6 is 11.3 Å². The zero-order valence-electron chi connectivity index (χ0n) is 21.4. The maximum atomic E-state index is 12.3. The number of ketones is 1. The van der Waals surface area contributed by atoms with Gasteiger partial charge < -0.3 is 0 Å². The molecule has 0 aliphatic heterocycles. The Labute approximate surface area is 240 Å². The van der Waals surface area contributed by atoms with Crippen LogP contribution in [0.2, 0.25) is 0 Å². The van der Waals surface area contributed by atoms with E-state index in [1.165, 1.54) is 37.4 Å². The Bertz CT molecular complexity index is 2110. The molecule has 0 radical (unpaired) electrons. The molecule has 1 aliphatic rings. The Morgan fingerprint density at radius 1 is 0.524 bits per heavy atom. The van der Waals surface area contributed by atoms with Crippen LogP contribution < -0.4 is 0 Å². The van der Waals surface area contributed by atoms with Crippen molar-refractivity contribution in [2.45, 2.75) is 0 Å². The highest BCUT2D eigenvalue weighted by molar-refractivity contribution is 7.25. The number of nitrogens with zero attached hydrogens (tertiary/aromatic N) is 3. The number of carbonyl (C=O) groups excluding carboxylic acids is 1. The van der Waals surface area contributed by atoms with Gasteiger partial charge in [-0.1, -0.05) is 60.7 Å². The van der Waals surface area contributed by atoms with Crippen molar-refractivity contribution in [2.24, 2.45) is 0 Å². The Balaban J connectivity index is 0.000000153. The van der Waals surface area contributed by atoms with Crippen LogP contribution in [0.25, 0.3) is 42.4 Å². The Morgan fingerprint density at radius 2 is 1.19 bits per heavy atom. The summed E-state index contributed by atoms with van der Waals surface area (Å²) in [6.45, 7) is 0. The van der Waals surface area contributed by atoms with Crippen LogP contribution in [0.4, 0.5) is 17.1 Å². The number of rotatable bonds is 4. The Kier molecular flexibility index (Phi) is 6.48. The van der Waals surface area contributed by atoms with Crippen LogP contribution in [-0.4, -0.2) is 20.6 Å². The number of fused-ring (bicyclic) bond motifs is 6. The van der Waals surface area contributed by atoms with E-state index in [4.69, 9.17) is 0 Å². The Morgan fingerprint density at radius 3 is 1.90 bits per heavy atom. The van der Waals surface area contributed by atoms with Crippen molar-refractivity contribution in [3.63, 3.8) is 0 Å². The van der Waals surface area contributed by atoms with Gasteiger partial charge in [0.05, 0.1) is 26.4 Å². The number of non-ortho nitro benzene ring substituents is 2. The first-order chi connectivity index (χ1) is 20.2. The molecule has 0 unspecified atom stereocenters. The molecule has 7 rings (SSSR count). The minimum absolute atomic E-state index is 0.0597. The summed E-state index contributed by atoms with van der Waals surface area (Å²) in [4.78, 5) is 42.8. The van der Waals surface area contributed by atoms with Gasteiger partial charge in [-0.3, -0.25) is 35.1 Å². The second-order valence-corrected chi connectivity index (χ2v) is 10.5. The molecule has 42 heavy (non-hydrogen) atoms. The van der Waals surface area contributed by atoms with Crippen LogP contribution in [0, 0.1) is 30.3 Å². The zero-order chi connectivity index (χ0) is 29.5. The summed E-state index contributed by atoms with van der Waals surface area (Å²) in [5.41, 5.74) is 0.844. The third kappa shape index (κ3) is 4.53. The van der Waals surface area contributed by atoms with E-state index in [9.17, 15) is 35.1 Å². The summed E-state index contributed by atoms with van der Waals surface area (Å²) in [5, 5.41) is 35.6. The maximum absolute atomic E-state index is 12.3. The number of hydrogen-bond acceptors (Lipinski definition) is 8. The van der Waals surface area contributed by atoms with Gasteiger partial charge in [-0.25, -0.2) is 0 Å². The highest BCUT2D eigenvalue weighted by Crippen LogP contribution is 2.45. The number of hydrogen-bond donors (Lipinski definition) is 0. The first-order valence-corrected chi connectivity index (χ1v) is 13.3. The van der Waals surface area contributed by atoms with Gasteiger partial charge in [0, 0.05) is 55.1 Å². The number of nitro benzene ring substituents is 3. The molecule has 1 aromatic heterocycles. The van der Waals surface area contributed by atoms with E-state index < -0.39 is 31.9 Å². The van der Waals surface area contributed by atoms with Crippen molar-refractivity contribution < 1.29 is 19.6 Å². The van der Waals surface area contributed by atoms with Crippen molar-refractivity contribution >= 4 is 54.4 Å². The van der Waals surface area contributed by atoms with Crippen LogP contribution in [-0.2, 0) is 0 Å². The summed E-state index contributed by atoms with van der Waals surface area (Å²) < 4.78 is 2.73. The molecular formula is C31H17N3O7S. The van der Waals surface area contributed by atoms with Crippen LogP contribution in [0.1, 0.15) is 15.9 Å². The van der Waals surface area contributed by atoms with E-state index in [2.05, 4.69) is 72.8 Å². The summed E-state index contributed by atoms with van der Waals surface area (Å²) in [6, 6.07) is 31.0.